The zero-order valence-corrected chi connectivity index (χ0v) is 16.4. The lowest BCUT2D eigenvalue weighted by atomic mass is 10.1. The van der Waals surface area contributed by atoms with Gasteiger partial charge < -0.3 is 14.2 Å². The molecule has 0 saturated carbocycles. The van der Waals surface area contributed by atoms with Gasteiger partial charge in [0.05, 0.1) is 24.3 Å². The summed E-state index contributed by atoms with van der Waals surface area (Å²) in [5.41, 5.74) is 1.54. The van der Waals surface area contributed by atoms with Crippen molar-refractivity contribution >= 4 is 45.5 Å². The maximum Gasteiger partial charge on any atom is 0.363 e. The minimum absolute atomic E-state index is 0.180. The molecular weight excluding hydrogens is 422 g/mol. The van der Waals surface area contributed by atoms with Crippen molar-refractivity contribution in [2.45, 2.75) is 6.92 Å². The second-order valence-corrected chi connectivity index (χ2v) is 6.54. The summed E-state index contributed by atoms with van der Waals surface area (Å²) in [6.07, 6.45) is 1.60. The van der Waals surface area contributed by atoms with Crippen molar-refractivity contribution in [2.75, 3.05) is 13.7 Å². The van der Waals surface area contributed by atoms with E-state index >= 15 is 0 Å². The molecule has 0 N–H and O–H groups in total. The first-order chi connectivity index (χ1) is 12.5. The number of nitrogens with zero attached hydrogens (tertiary/aromatic N) is 1. The molecule has 2 aromatic carbocycles. The zero-order valence-electron chi connectivity index (χ0n) is 14.1. The Labute approximate surface area is 164 Å². The predicted octanol–water partition coefficient (Wildman–Crippen LogP) is 4.85. The van der Waals surface area contributed by atoms with E-state index in [9.17, 15) is 4.79 Å². The van der Waals surface area contributed by atoms with Gasteiger partial charge in [-0.1, -0.05) is 23.7 Å². The maximum absolute atomic E-state index is 12.2. The fourth-order valence-corrected chi connectivity index (χ4v) is 3.20. The highest BCUT2D eigenvalue weighted by molar-refractivity contribution is 9.10. The predicted molar refractivity (Wildman–Crippen MR) is 104 cm³/mol. The minimum atomic E-state index is -0.527. The smallest absolute Gasteiger partial charge is 0.363 e. The molecule has 3 rings (SSSR count). The fourth-order valence-electron chi connectivity index (χ4n) is 2.45. The summed E-state index contributed by atoms with van der Waals surface area (Å²) in [5.74, 6) is 0.664. The van der Waals surface area contributed by atoms with Crippen molar-refractivity contribution in [3.8, 4) is 11.5 Å². The normalized spacial score (nSPS) is 15.0. The lowest BCUT2D eigenvalue weighted by molar-refractivity contribution is -0.129. The summed E-state index contributed by atoms with van der Waals surface area (Å²) < 4.78 is 16.9. The van der Waals surface area contributed by atoms with Crippen LogP contribution in [0.25, 0.3) is 6.08 Å². The van der Waals surface area contributed by atoms with Crippen LogP contribution in [-0.4, -0.2) is 25.6 Å². The van der Waals surface area contributed by atoms with Gasteiger partial charge in [-0.25, -0.2) is 9.79 Å². The number of benzene rings is 2. The van der Waals surface area contributed by atoms with E-state index in [-0.39, 0.29) is 11.6 Å². The first-order valence-corrected chi connectivity index (χ1v) is 8.98. The molecule has 0 saturated heterocycles. The van der Waals surface area contributed by atoms with Gasteiger partial charge in [-0.2, -0.15) is 0 Å². The number of cyclic esters (lactones) is 1. The average Bonchev–Trinajstić information content (AvgIpc) is 2.96. The van der Waals surface area contributed by atoms with Crippen LogP contribution < -0.4 is 9.47 Å². The number of esters is 1. The van der Waals surface area contributed by atoms with Gasteiger partial charge in [0.25, 0.3) is 0 Å². The average molecular weight is 437 g/mol. The van der Waals surface area contributed by atoms with E-state index in [1.807, 2.05) is 31.2 Å². The van der Waals surface area contributed by atoms with E-state index < -0.39 is 5.97 Å². The number of hydrogen-bond acceptors (Lipinski definition) is 5. The summed E-state index contributed by atoms with van der Waals surface area (Å²) in [6, 6.07) is 10.8. The summed E-state index contributed by atoms with van der Waals surface area (Å²) in [7, 11) is 1.52. The first kappa shape index (κ1) is 18.5. The number of ether oxygens (including phenoxy) is 3. The van der Waals surface area contributed by atoms with E-state index in [0.29, 0.717) is 34.3 Å². The van der Waals surface area contributed by atoms with Crippen LogP contribution in [0.2, 0.25) is 5.02 Å². The highest BCUT2D eigenvalue weighted by Gasteiger charge is 2.25. The monoisotopic (exact) mass is 435 g/mol. The Kier molecular flexibility index (Phi) is 5.64. The van der Waals surface area contributed by atoms with Crippen LogP contribution in [0.15, 0.2) is 51.6 Å². The van der Waals surface area contributed by atoms with Crippen molar-refractivity contribution in [3.05, 3.63) is 62.7 Å². The van der Waals surface area contributed by atoms with Gasteiger partial charge in [-0.3, -0.25) is 0 Å². The zero-order chi connectivity index (χ0) is 18.7. The van der Waals surface area contributed by atoms with Gasteiger partial charge in [0.15, 0.2) is 17.2 Å². The molecule has 2 aromatic rings. The van der Waals surface area contributed by atoms with Gasteiger partial charge in [0, 0.05) is 4.47 Å². The van der Waals surface area contributed by atoms with Crippen LogP contribution in [0, 0.1) is 0 Å². The molecule has 5 nitrogen and oxygen atoms in total. The molecule has 0 fully saturated rings. The third-order valence-electron chi connectivity index (χ3n) is 3.56. The molecule has 0 bridgehead atoms. The highest BCUT2D eigenvalue weighted by atomic mass is 79.9. The summed E-state index contributed by atoms with van der Waals surface area (Å²) in [6.45, 7) is 2.32. The van der Waals surface area contributed by atoms with Crippen molar-refractivity contribution in [2.24, 2.45) is 4.99 Å². The second kappa shape index (κ2) is 7.93. The van der Waals surface area contributed by atoms with Crippen LogP contribution in [0.3, 0.4) is 0 Å². The lowest BCUT2D eigenvalue weighted by Gasteiger charge is -2.11. The largest absolute Gasteiger partial charge is 0.491 e. The molecule has 1 aliphatic heterocycles. The molecule has 0 spiro atoms. The Hall–Kier alpha value is -2.31. The minimum Gasteiger partial charge on any atom is -0.491 e. The molecule has 26 heavy (non-hydrogen) atoms. The molecular formula is C19H15BrClNO4. The number of halogens is 2. The highest BCUT2D eigenvalue weighted by Crippen LogP contribution is 2.37. The summed E-state index contributed by atoms with van der Waals surface area (Å²) >= 11 is 9.67. The maximum atomic E-state index is 12.2. The first-order valence-electron chi connectivity index (χ1n) is 7.81. The van der Waals surface area contributed by atoms with E-state index in [4.69, 9.17) is 25.8 Å². The van der Waals surface area contributed by atoms with E-state index in [0.717, 1.165) is 4.47 Å². The molecule has 0 amide bonds. The van der Waals surface area contributed by atoms with Gasteiger partial charge in [0.1, 0.15) is 0 Å². The fraction of sp³-hybridized carbons (Fsp3) is 0.158. The van der Waals surface area contributed by atoms with Crippen molar-refractivity contribution < 1.29 is 19.0 Å². The van der Waals surface area contributed by atoms with Crippen molar-refractivity contribution in [1.82, 2.24) is 0 Å². The second-order valence-electron chi connectivity index (χ2n) is 5.28. The van der Waals surface area contributed by atoms with Gasteiger partial charge in [0.2, 0.25) is 5.90 Å². The standard InChI is InChI=1S/C19H15BrClNO4/c1-3-25-16-10-11(8-14(21)17(16)24-2)9-15-19(23)26-18(22-15)12-6-4-5-7-13(12)20/h4-10H,3H2,1-2H3/b15-9-. The Morgan fingerprint density at radius 2 is 2.08 bits per heavy atom. The van der Waals surface area contributed by atoms with Crippen molar-refractivity contribution in [3.63, 3.8) is 0 Å². The Balaban J connectivity index is 1.99. The molecule has 1 aliphatic rings. The van der Waals surface area contributed by atoms with E-state index in [2.05, 4.69) is 20.9 Å². The summed E-state index contributed by atoms with van der Waals surface area (Å²) in [4.78, 5) is 16.5. The summed E-state index contributed by atoms with van der Waals surface area (Å²) in [5, 5.41) is 0.381. The third-order valence-corrected chi connectivity index (χ3v) is 4.54. The molecule has 0 radical (unpaired) electrons. The third kappa shape index (κ3) is 3.76. The molecule has 0 aliphatic carbocycles. The molecule has 7 heteroatoms. The number of carbonyl (C=O) groups is 1. The van der Waals surface area contributed by atoms with Crippen LogP contribution >= 0.6 is 27.5 Å². The van der Waals surface area contributed by atoms with Gasteiger partial charge in [-0.15, -0.1) is 0 Å². The molecule has 1 heterocycles. The quantitative estimate of drug-likeness (QED) is 0.496. The lowest BCUT2D eigenvalue weighted by Crippen LogP contribution is -2.05. The van der Waals surface area contributed by atoms with Crippen LogP contribution in [0.4, 0.5) is 0 Å². The van der Waals surface area contributed by atoms with Crippen molar-refractivity contribution in [1.29, 1.82) is 0 Å². The molecule has 134 valence electrons. The number of carbonyl (C=O) groups excluding carboxylic acids is 1. The number of hydrogen-bond donors (Lipinski definition) is 0. The van der Waals surface area contributed by atoms with E-state index in [1.54, 1.807) is 18.2 Å². The Bertz CT molecular complexity index is 924. The van der Waals surface area contributed by atoms with Crippen LogP contribution in [0.5, 0.6) is 11.5 Å². The Morgan fingerprint density at radius 1 is 1.31 bits per heavy atom. The SMILES string of the molecule is CCOc1cc(/C=C2\N=C(c3ccccc3Br)OC2=O)cc(Cl)c1OC. The number of methoxy groups -OCH3 is 1. The van der Waals surface area contributed by atoms with Gasteiger partial charge >= 0.3 is 5.97 Å². The molecule has 0 atom stereocenters. The molecule has 0 aromatic heterocycles. The van der Waals surface area contributed by atoms with Gasteiger partial charge in [-0.05, 0) is 58.8 Å². The number of aliphatic imine (C=N–C) groups is 1. The Morgan fingerprint density at radius 3 is 2.77 bits per heavy atom. The van der Waals surface area contributed by atoms with Crippen LogP contribution in [0.1, 0.15) is 18.1 Å². The molecule has 0 unspecified atom stereocenters. The van der Waals surface area contributed by atoms with Crippen LogP contribution in [-0.2, 0) is 9.53 Å². The number of rotatable bonds is 5. The topological polar surface area (TPSA) is 57.1 Å². The van der Waals surface area contributed by atoms with E-state index in [1.165, 1.54) is 7.11 Å².